The fraction of sp³-hybridized carbons (Fsp3) is 0.333. The predicted molar refractivity (Wildman–Crippen MR) is 103 cm³/mol. The first kappa shape index (κ1) is 17.8. The van der Waals surface area contributed by atoms with Gasteiger partial charge in [-0.15, -0.1) is 0 Å². The number of rotatable bonds is 5. The summed E-state index contributed by atoms with van der Waals surface area (Å²) < 4.78 is 21.3. The summed E-state index contributed by atoms with van der Waals surface area (Å²) in [4.78, 5) is 20.9. The van der Waals surface area contributed by atoms with Gasteiger partial charge in [0.15, 0.2) is 5.82 Å². The van der Waals surface area contributed by atoms with E-state index in [9.17, 15) is 9.18 Å². The second-order valence-electron chi connectivity index (χ2n) is 7.44. The molecule has 148 valence electrons. The first-order valence-electron chi connectivity index (χ1n) is 9.67. The van der Waals surface area contributed by atoms with Crippen molar-refractivity contribution in [3.05, 3.63) is 59.4 Å². The number of amides is 1. The summed E-state index contributed by atoms with van der Waals surface area (Å²) in [6.07, 6.45) is 5.76. The zero-order valence-corrected chi connectivity index (χ0v) is 15.9. The number of carbonyl (C=O) groups is 1. The Hall–Kier alpha value is -3.29. The molecule has 1 aliphatic carbocycles. The number of hydrogen-bond donors (Lipinski definition) is 1. The number of aryl methyl sites for hydroxylation is 1. The molecule has 4 heterocycles. The molecule has 29 heavy (non-hydrogen) atoms. The molecule has 1 saturated carbocycles. The number of carbonyl (C=O) groups excluding carboxylic acids is 1. The van der Waals surface area contributed by atoms with E-state index in [-0.39, 0.29) is 17.8 Å². The molecule has 0 aromatic carbocycles. The summed E-state index contributed by atoms with van der Waals surface area (Å²) in [6, 6.07) is 6.72. The minimum absolute atomic E-state index is 0.185. The second kappa shape index (κ2) is 6.95. The van der Waals surface area contributed by atoms with Gasteiger partial charge in [-0.05, 0) is 37.5 Å². The number of fused-ring (bicyclic) bond motifs is 1. The molecule has 3 aromatic heterocycles. The number of pyridine rings is 2. The van der Waals surface area contributed by atoms with Gasteiger partial charge < -0.3 is 10.1 Å². The molecule has 0 bridgehead atoms. The molecule has 1 amide bonds. The predicted octanol–water partition coefficient (Wildman–Crippen LogP) is 3.24. The maximum Gasteiger partial charge on any atom is 0.252 e. The topological polar surface area (TPSA) is 81.9 Å². The molecule has 8 heteroatoms. The van der Waals surface area contributed by atoms with Gasteiger partial charge in [-0.3, -0.25) is 14.5 Å². The monoisotopic (exact) mass is 393 g/mol. The molecule has 5 rings (SSSR count). The van der Waals surface area contributed by atoms with E-state index in [1.165, 1.54) is 19.5 Å². The molecule has 0 saturated heterocycles. The second-order valence-corrected chi connectivity index (χ2v) is 7.44. The summed E-state index contributed by atoms with van der Waals surface area (Å²) in [5, 5.41) is 7.60. The SMILES string of the molecule is COc1cc(C(=O)NC2CCn3nc(-c4cc(C5CC5)ncc4F)cc32)ccn1. The van der Waals surface area contributed by atoms with Crippen LogP contribution in [0.2, 0.25) is 0 Å². The van der Waals surface area contributed by atoms with E-state index < -0.39 is 0 Å². The molecule has 1 fully saturated rings. The third kappa shape index (κ3) is 3.35. The molecule has 1 aliphatic heterocycles. The van der Waals surface area contributed by atoms with Gasteiger partial charge in [0.25, 0.3) is 5.91 Å². The molecule has 7 nitrogen and oxygen atoms in total. The van der Waals surface area contributed by atoms with Crippen LogP contribution in [0.4, 0.5) is 4.39 Å². The van der Waals surface area contributed by atoms with Crippen molar-refractivity contribution < 1.29 is 13.9 Å². The number of nitrogens with zero attached hydrogens (tertiary/aromatic N) is 4. The van der Waals surface area contributed by atoms with E-state index in [0.29, 0.717) is 35.2 Å². The highest BCUT2D eigenvalue weighted by atomic mass is 19.1. The van der Waals surface area contributed by atoms with Crippen LogP contribution in [0.3, 0.4) is 0 Å². The van der Waals surface area contributed by atoms with Crippen LogP contribution < -0.4 is 10.1 Å². The Morgan fingerprint density at radius 1 is 1.24 bits per heavy atom. The van der Waals surface area contributed by atoms with Gasteiger partial charge in [-0.25, -0.2) is 9.37 Å². The summed E-state index contributed by atoms with van der Waals surface area (Å²) in [5.74, 6) is 0.234. The Labute approximate surface area is 166 Å². The highest BCUT2D eigenvalue weighted by molar-refractivity contribution is 5.94. The Morgan fingerprint density at radius 3 is 2.90 bits per heavy atom. The number of hydrogen-bond acceptors (Lipinski definition) is 5. The quantitative estimate of drug-likeness (QED) is 0.720. The fourth-order valence-corrected chi connectivity index (χ4v) is 3.73. The lowest BCUT2D eigenvalue weighted by Crippen LogP contribution is -2.27. The molecule has 2 aliphatic rings. The molecular formula is C21H20FN5O2. The smallest absolute Gasteiger partial charge is 0.252 e. The normalized spacial score (nSPS) is 17.8. The summed E-state index contributed by atoms with van der Waals surface area (Å²) in [6.45, 7) is 0.669. The third-order valence-corrected chi connectivity index (χ3v) is 5.46. The third-order valence-electron chi connectivity index (χ3n) is 5.46. The lowest BCUT2D eigenvalue weighted by molar-refractivity contribution is 0.0936. The van der Waals surface area contributed by atoms with Crippen LogP contribution in [0.5, 0.6) is 5.88 Å². The highest BCUT2D eigenvalue weighted by Gasteiger charge is 2.29. The number of halogens is 1. The van der Waals surface area contributed by atoms with Crippen LogP contribution in [0.1, 0.15) is 53.0 Å². The number of aromatic nitrogens is 4. The largest absolute Gasteiger partial charge is 0.481 e. The van der Waals surface area contributed by atoms with Crippen molar-refractivity contribution in [2.24, 2.45) is 0 Å². The van der Waals surface area contributed by atoms with Crippen LogP contribution in [-0.2, 0) is 6.54 Å². The van der Waals surface area contributed by atoms with E-state index in [0.717, 1.165) is 30.7 Å². The first-order chi connectivity index (χ1) is 14.1. The van der Waals surface area contributed by atoms with Gasteiger partial charge in [-0.2, -0.15) is 5.10 Å². The molecule has 1 N–H and O–H groups in total. The molecule has 1 atom stereocenters. The lowest BCUT2D eigenvalue weighted by atomic mass is 10.1. The molecule has 1 unspecified atom stereocenters. The van der Waals surface area contributed by atoms with Gasteiger partial charge in [0.2, 0.25) is 5.88 Å². The Bertz CT molecular complexity index is 1090. The summed E-state index contributed by atoms with van der Waals surface area (Å²) >= 11 is 0. The van der Waals surface area contributed by atoms with Crippen LogP contribution in [-0.4, -0.2) is 32.8 Å². The van der Waals surface area contributed by atoms with E-state index >= 15 is 0 Å². The minimum atomic E-state index is -0.379. The van der Waals surface area contributed by atoms with E-state index in [1.54, 1.807) is 12.1 Å². The van der Waals surface area contributed by atoms with Crippen LogP contribution in [0.15, 0.2) is 36.7 Å². The van der Waals surface area contributed by atoms with Gasteiger partial charge in [0, 0.05) is 41.5 Å². The van der Waals surface area contributed by atoms with Crippen molar-refractivity contribution in [1.82, 2.24) is 25.1 Å². The Kier molecular flexibility index (Phi) is 4.26. The zero-order valence-electron chi connectivity index (χ0n) is 15.9. The van der Waals surface area contributed by atoms with E-state index in [4.69, 9.17) is 4.74 Å². The van der Waals surface area contributed by atoms with Crippen molar-refractivity contribution in [3.8, 4) is 17.1 Å². The highest BCUT2D eigenvalue weighted by Crippen LogP contribution is 2.40. The average molecular weight is 393 g/mol. The molecule has 0 spiro atoms. The van der Waals surface area contributed by atoms with Crippen molar-refractivity contribution in [2.75, 3.05) is 7.11 Å². The minimum Gasteiger partial charge on any atom is -0.481 e. The molecule has 0 radical (unpaired) electrons. The van der Waals surface area contributed by atoms with Gasteiger partial charge in [0.1, 0.15) is 0 Å². The first-order valence-corrected chi connectivity index (χ1v) is 9.67. The zero-order chi connectivity index (χ0) is 20.0. The molecular weight excluding hydrogens is 373 g/mol. The van der Waals surface area contributed by atoms with Crippen molar-refractivity contribution in [1.29, 1.82) is 0 Å². The number of methoxy groups -OCH3 is 1. The Balaban J connectivity index is 1.39. The van der Waals surface area contributed by atoms with Crippen molar-refractivity contribution in [2.45, 2.75) is 37.8 Å². The van der Waals surface area contributed by atoms with E-state index in [1.807, 2.05) is 16.8 Å². The summed E-state index contributed by atoms with van der Waals surface area (Å²) in [7, 11) is 1.51. The van der Waals surface area contributed by atoms with Gasteiger partial charge >= 0.3 is 0 Å². The maximum absolute atomic E-state index is 14.4. The Morgan fingerprint density at radius 2 is 2.10 bits per heavy atom. The molecule has 3 aromatic rings. The van der Waals surface area contributed by atoms with Crippen LogP contribution >= 0.6 is 0 Å². The van der Waals surface area contributed by atoms with Crippen molar-refractivity contribution >= 4 is 5.91 Å². The number of ether oxygens (including phenoxy) is 1. The van der Waals surface area contributed by atoms with Crippen molar-refractivity contribution in [3.63, 3.8) is 0 Å². The van der Waals surface area contributed by atoms with Gasteiger partial charge in [0.05, 0.1) is 30.7 Å². The maximum atomic E-state index is 14.4. The standard InChI is InChI=1S/C21H20FN5O2/c1-29-20-8-13(4-6-23-20)21(28)25-16-5-7-27-19(16)10-18(26-27)14-9-17(12-2-3-12)24-11-15(14)22/h4,6,8-12,16H,2-3,5,7H2,1H3,(H,25,28). The lowest BCUT2D eigenvalue weighted by Gasteiger charge is -2.12. The average Bonchev–Trinajstić information content (AvgIpc) is 3.40. The van der Waals surface area contributed by atoms with Crippen LogP contribution in [0.25, 0.3) is 11.3 Å². The summed E-state index contributed by atoms with van der Waals surface area (Å²) in [5.41, 5.74) is 3.31. The number of nitrogens with one attached hydrogen (secondary N) is 1. The van der Waals surface area contributed by atoms with E-state index in [2.05, 4.69) is 20.4 Å². The van der Waals surface area contributed by atoms with Crippen LogP contribution in [0, 0.1) is 5.82 Å². The van der Waals surface area contributed by atoms with Gasteiger partial charge in [-0.1, -0.05) is 0 Å². The fourth-order valence-electron chi connectivity index (χ4n) is 3.73.